The minimum absolute atomic E-state index is 0.137. The Balaban J connectivity index is 1.38. The number of benzene rings is 1. The molecular weight excluding hydrogens is 275 g/mol. The Morgan fingerprint density at radius 3 is 2.80 bits per heavy atom. The molecule has 1 amide bonds. The van der Waals surface area contributed by atoms with Gasteiger partial charge >= 0.3 is 0 Å². The second-order valence-electron chi connectivity index (χ2n) is 5.53. The van der Waals surface area contributed by atoms with E-state index in [-0.39, 0.29) is 11.7 Å². The first-order chi connectivity index (χ1) is 9.70. The smallest absolute Gasteiger partial charge is 0.221 e. The van der Waals surface area contributed by atoms with Crippen molar-refractivity contribution in [3.63, 3.8) is 0 Å². The number of nitrogens with one attached hydrogen (secondary N) is 1. The fraction of sp³-hybridized carbons (Fsp3) is 0.533. The molecule has 1 aromatic carbocycles. The number of thioether (sulfide) groups is 1. The molecule has 3 rings (SSSR count). The Morgan fingerprint density at radius 1 is 1.35 bits per heavy atom. The largest absolute Gasteiger partial charge is 0.352 e. The summed E-state index contributed by atoms with van der Waals surface area (Å²) in [5.41, 5.74) is 0. The van der Waals surface area contributed by atoms with Gasteiger partial charge in [0.25, 0.3) is 0 Å². The summed E-state index contributed by atoms with van der Waals surface area (Å²) in [6.45, 7) is 3.36. The zero-order valence-electron chi connectivity index (χ0n) is 11.3. The Labute approximate surface area is 122 Å². The lowest BCUT2D eigenvalue weighted by Gasteiger charge is -2.23. The minimum Gasteiger partial charge on any atom is -0.352 e. The molecule has 0 radical (unpaired) electrons. The zero-order chi connectivity index (χ0) is 13.9. The molecule has 1 N–H and O–H groups in total. The molecule has 1 aromatic rings. The molecule has 2 fully saturated rings. The highest BCUT2D eigenvalue weighted by Gasteiger charge is 2.38. The number of fused-ring (bicyclic) bond motifs is 2. The number of carbonyl (C=O) groups excluding carboxylic acids is 1. The lowest BCUT2D eigenvalue weighted by Crippen LogP contribution is -2.43. The first kappa shape index (κ1) is 13.9. The molecule has 0 spiro atoms. The van der Waals surface area contributed by atoms with Crippen LogP contribution in [0.3, 0.4) is 0 Å². The van der Waals surface area contributed by atoms with E-state index in [0.717, 1.165) is 23.7 Å². The zero-order valence-corrected chi connectivity index (χ0v) is 12.2. The molecule has 3 atom stereocenters. The Bertz CT molecular complexity index is 479. The molecule has 2 saturated heterocycles. The maximum absolute atomic E-state index is 12.8. The summed E-state index contributed by atoms with van der Waals surface area (Å²) in [4.78, 5) is 15.3. The molecular formula is C15H19FN2OS. The lowest BCUT2D eigenvalue weighted by atomic mass is 10.00. The van der Waals surface area contributed by atoms with Gasteiger partial charge in [-0.3, -0.25) is 4.79 Å². The van der Waals surface area contributed by atoms with E-state index in [1.807, 2.05) is 0 Å². The Hall–Kier alpha value is -1.07. The summed E-state index contributed by atoms with van der Waals surface area (Å²) in [6, 6.07) is 6.76. The molecule has 0 saturated carbocycles. The van der Waals surface area contributed by atoms with Crippen LogP contribution in [0.2, 0.25) is 0 Å². The molecule has 2 bridgehead atoms. The van der Waals surface area contributed by atoms with Crippen LogP contribution in [0.4, 0.5) is 4.39 Å². The fourth-order valence-electron chi connectivity index (χ4n) is 3.02. The van der Waals surface area contributed by atoms with Crippen LogP contribution in [0.1, 0.15) is 12.8 Å². The van der Waals surface area contributed by atoms with Gasteiger partial charge in [-0.05, 0) is 43.1 Å². The summed E-state index contributed by atoms with van der Waals surface area (Å²) in [7, 11) is 0. The van der Waals surface area contributed by atoms with Gasteiger partial charge in [-0.25, -0.2) is 4.39 Å². The number of amides is 1. The van der Waals surface area contributed by atoms with Crippen molar-refractivity contribution in [1.29, 1.82) is 0 Å². The summed E-state index contributed by atoms with van der Waals surface area (Å²) < 4.78 is 12.8. The van der Waals surface area contributed by atoms with Crippen molar-refractivity contribution in [1.82, 2.24) is 10.2 Å². The second-order valence-corrected chi connectivity index (χ2v) is 6.70. The van der Waals surface area contributed by atoms with Crippen molar-refractivity contribution in [2.75, 3.05) is 25.4 Å². The van der Waals surface area contributed by atoms with Crippen molar-refractivity contribution < 1.29 is 9.18 Å². The molecule has 0 aromatic heterocycles. The lowest BCUT2D eigenvalue weighted by molar-refractivity contribution is -0.121. The van der Waals surface area contributed by atoms with E-state index >= 15 is 0 Å². The third kappa shape index (κ3) is 3.33. The van der Waals surface area contributed by atoms with Gasteiger partial charge in [0.2, 0.25) is 5.91 Å². The molecule has 2 aliphatic heterocycles. The number of piperidine rings is 1. The quantitative estimate of drug-likeness (QED) is 0.844. The number of hydrogen-bond acceptors (Lipinski definition) is 3. The monoisotopic (exact) mass is 294 g/mol. The van der Waals surface area contributed by atoms with Crippen LogP contribution in [-0.4, -0.2) is 42.2 Å². The van der Waals surface area contributed by atoms with E-state index in [0.29, 0.717) is 18.4 Å². The van der Waals surface area contributed by atoms with Gasteiger partial charge in [-0.1, -0.05) is 0 Å². The Morgan fingerprint density at radius 2 is 2.15 bits per heavy atom. The molecule has 108 valence electrons. The molecule has 5 heteroatoms. The van der Waals surface area contributed by atoms with Gasteiger partial charge < -0.3 is 10.2 Å². The number of carbonyl (C=O) groups is 1. The van der Waals surface area contributed by atoms with Crippen LogP contribution in [0.25, 0.3) is 0 Å². The van der Waals surface area contributed by atoms with Crippen LogP contribution < -0.4 is 5.32 Å². The Kier molecular flexibility index (Phi) is 4.27. The average Bonchev–Trinajstić information content (AvgIpc) is 3.03. The predicted molar refractivity (Wildman–Crippen MR) is 78.2 cm³/mol. The molecule has 0 aliphatic carbocycles. The van der Waals surface area contributed by atoms with Gasteiger partial charge in [-0.15, -0.1) is 11.8 Å². The van der Waals surface area contributed by atoms with E-state index in [4.69, 9.17) is 0 Å². The highest BCUT2D eigenvalue weighted by atomic mass is 32.2. The summed E-state index contributed by atoms with van der Waals surface area (Å²) >= 11 is 1.59. The van der Waals surface area contributed by atoms with E-state index in [1.165, 1.54) is 25.1 Å². The summed E-state index contributed by atoms with van der Waals surface area (Å²) in [5.74, 6) is 1.30. The van der Waals surface area contributed by atoms with Gasteiger partial charge in [-0.2, -0.15) is 0 Å². The average molecular weight is 294 g/mol. The third-order valence-electron chi connectivity index (χ3n) is 4.09. The fourth-order valence-corrected chi connectivity index (χ4v) is 3.87. The number of halogens is 1. The van der Waals surface area contributed by atoms with Crippen molar-refractivity contribution in [2.24, 2.45) is 5.92 Å². The highest BCUT2D eigenvalue weighted by molar-refractivity contribution is 7.99. The van der Waals surface area contributed by atoms with Gasteiger partial charge in [0.1, 0.15) is 5.82 Å². The summed E-state index contributed by atoms with van der Waals surface area (Å²) in [5, 5.41) is 3.15. The molecule has 2 aliphatic rings. The van der Waals surface area contributed by atoms with Crippen molar-refractivity contribution in [3.8, 4) is 0 Å². The van der Waals surface area contributed by atoms with Gasteiger partial charge in [0, 0.05) is 36.2 Å². The van der Waals surface area contributed by atoms with Crippen LogP contribution in [-0.2, 0) is 4.79 Å². The van der Waals surface area contributed by atoms with E-state index in [9.17, 15) is 9.18 Å². The molecule has 3 unspecified atom stereocenters. The van der Waals surface area contributed by atoms with Crippen LogP contribution >= 0.6 is 11.8 Å². The number of nitrogens with zero attached hydrogens (tertiary/aromatic N) is 1. The first-order valence-electron chi connectivity index (χ1n) is 7.11. The number of rotatable bonds is 5. The third-order valence-corrected chi connectivity index (χ3v) is 5.10. The van der Waals surface area contributed by atoms with Crippen molar-refractivity contribution >= 4 is 17.7 Å². The molecule has 2 heterocycles. The standard InChI is InChI=1S/C15H19FN2OS/c16-12-1-3-13(4-2-12)20-8-6-15(19)17-14-10-18-7-5-11(14)9-18/h1-4,11,14H,5-10H2,(H,17,19). The van der Waals surface area contributed by atoms with Gasteiger partial charge in [0.15, 0.2) is 0 Å². The highest BCUT2D eigenvalue weighted by Crippen LogP contribution is 2.27. The second kappa shape index (κ2) is 6.14. The van der Waals surface area contributed by atoms with Crippen molar-refractivity contribution in [3.05, 3.63) is 30.1 Å². The normalized spacial score (nSPS) is 27.8. The SMILES string of the molecule is O=C(CCSc1ccc(F)cc1)NC1CN2CCC1C2. The van der Waals surface area contributed by atoms with E-state index in [1.54, 1.807) is 23.9 Å². The van der Waals surface area contributed by atoms with Gasteiger partial charge in [0.05, 0.1) is 0 Å². The van der Waals surface area contributed by atoms with Crippen LogP contribution in [0.15, 0.2) is 29.2 Å². The van der Waals surface area contributed by atoms with E-state index in [2.05, 4.69) is 10.2 Å². The first-order valence-corrected chi connectivity index (χ1v) is 8.09. The van der Waals surface area contributed by atoms with Crippen LogP contribution in [0.5, 0.6) is 0 Å². The summed E-state index contributed by atoms with van der Waals surface area (Å²) in [6.07, 6.45) is 1.74. The maximum atomic E-state index is 12.8. The molecule has 3 nitrogen and oxygen atoms in total. The van der Waals surface area contributed by atoms with E-state index < -0.39 is 0 Å². The topological polar surface area (TPSA) is 32.3 Å². The number of hydrogen-bond donors (Lipinski definition) is 1. The molecule has 20 heavy (non-hydrogen) atoms. The predicted octanol–water partition coefficient (Wildman–Crippen LogP) is 2.13. The van der Waals surface area contributed by atoms with Crippen LogP contribution in [0, 0.1) is 11.7 Å². The maximum Gasteiger partial charge on any atom is 0.221 e. The minimum atomic E-state index is -0.224. The van der Waals surface area contributed by atoms with Crippen molar-refractivity contribution in [2.45, 2.75) is 23.8 Å².